The van der Waals surface area contributed by atoms with Gasteiger partial charge < -0.3 is 5.11 Å². The maximum Gasteiger partial charge on any atom is 0.123 e. The molecule has 0 aliphatic heterocycles. The van der Waals surface area contributed by atoms with Gasteiger partial charge in [0.25, 0.3) is 0 Å². The van der Waals surface area contributed by atoms with E-state index in [-0.39, 0.29) is 10.8 Å². The summed E-state index contributed by atoms with van der Waals surface area (Å²) in [6.07, 6.45) is 19.9. The van der Waals surface area contributed by atoms with Crippen LogP contribution in [-0.2, 0) is 16.6 Å². The Labute approximate surface area is 222 Å². The van der Waals surface area contributed by atoms with Gasteiger partial charge in [0.2, 0.25) is 0 Å². The van der Waals surface area contributed by atoms with E-state index >= 15 is 0 Å². The lowest BCUT2D eigenvalue weighted by molar-refractivity contribution is 0.137. The smallest absolute Gasteiger partial charge is 0.123 e. The molecule has 0 heterocycles. The quantitative estimate of drug-likeness (QED) is 0.364. The maximum atomic E-state index is 11.9. The van der Waals surface area contributed by atoms with Crippen molar-refractivity contribution in [2.24, 2.45) is 11.8 Å². The van der Waals surface area contributed by atoms with E-state index in [9.17, 15) is 5.11 Å². The van der Waals surface area contributed by atoms with E-state index in [0.717, 1.165) is 22.8 Å². The molecule has 2 aliphatic rings. The zero-order valence-electron chi connectivity index (χ0n) is 24.1. The highest BCUT2D eigenvalue weighted by Crippen LogP contribution is 2.53. The van der Waals surface area contributed by atoms with Crippen LogP contribution in [0.5, 0.6) is 5.75 Å². The Balaban J connectivity index is 2.00. The van der Waals surface area contributed by atoms with Gasteiger partial charge in [0.15, 0.2) is 0 Å². The van der Waals surface area contributed by atoms with Gasteiger partial charge in [0, 0.05) is 22.1 Å². The van der Waals surface area contributed by atoms with Gasteiger partial charge in [-0.05, 0) is 66.8 Å². The Bertz CT molecular complexity index is 756. The van der Waals surface area contributed by atoms with Crippen LogP contribution >= 0.6 is 11.8 Å². The first kappa shape index (κ1) is 28.9. The topological polar surface area (TPSA) is 20.2 Å². The number of rotatable bonds is 9. The summed E-state index contributed by atoms with van der Waals surface area (Å²) < 4.78 is 0. The van der Waals surface area contributed by atoms with E-state index in [1.807, 2.05) is 0 Å². The van der Waals surface area contributed by atoms with Gasteiger partial charge in [-0.25, -0.2) is 0 Å². The minimum atomic E-state index is 0.0943. The second kappa shape index (κ2) is 13.3. The number of phenolic OH excluding ortho intramolecular Hbond substituents is 1. The van der Waals surface area contributed by atoms with Gasteiger partial charge in [-0.1, -0.05) is 111 Å². The third-order valence-corrected chi connectivity index (χ3v) is 10.8. The zero-order valence-corrected chi connectivity index (χ0v) is 24.9. The van der Waals surface area contributed by atoms with Crippen molar-refractivity contribution in [1.29, 1.82) is 0 Å². The highest BCUT2D eigenvalue weighted by molar-refractivity contribution is 7.99. The molecule has 2 heteroatoms. The first-order valence-electron chi connectivity index (χ1n) is 15.2. The van der Waals surface area contributed by atoms with Crippen LogP contribution in [0.15, 0.2) is 12.1 Å². The summed E-state index contributed by atoms with van der Waals surface area (Å²) >= 11 is 2.13. The summed E-state index contributed by atoms with van der Waals surface area (Å²) in [5.74, 6) is 3.19. The van der Waals surface area contributed by atoms with Crippen LogP contribution in [0.4, 0.5) is 0 Å². The SMILES string of the molecule is CCCCC1(c2cc(C(C)(C)C)cc(CSC3CCCCCCC3)c2O)CC(CC)CC(CC)C1. The Kier molecular flexibility index (Phi) is 11.0. The van der Waals surface area contributed by atoms with E-state index in [1.165, 1.54) is 113 Å². The molecule has 2 fully saturated rings. The van der Waals surface area contributed by atoms with Crippen molar-refractivity contribution in [3.8, 4) is 5.75 Å². The van der Waals surface area contributed by atoms with Crippen molar-refractivity contribution in [2.45, 2.75) is 160 Å². The summed E-state index contributed by atoms with van der Waals surface area (Å²) in [5.41, 5.74) is 4.17. The molecule has 2 aliphatic carbocycles. The van der Waals surface area contributed by atoms with Crippen molar-refractivity contribution < 1.29 is 5.11 Å². The predicted octanol–water partition coefficient (Wildman–Crippen LogP) is 10.7. The summed E-state index contributed by atoms with van der Waals surface area (Å²) in [6.45, 7) is 14.1. The third-order valence-electron chi connectivity index (χ3n) is 9.34. The summed E-state index contributed by atoms with van der Waals surface area (Å²) in [5, 5.41) is 12.7. The molecule has 1 aromatic carbocycles. The van der Waals surface area contributed by atoms with Crippen LogP contribution in [0.2, 0.25) is 0 Å². The monoisotopic (exact) mass is 500 g/mol. The molecule has 0 saturated heterocycles. The van der Waals surface area contributed by atoms with E-state index in [4.69, 9.17) is 0 Å². The molecule has 1 N–H and O–H groups in total. The molecule has 2 atom stereocenters. The fourth-order valence-corrected chi connectivity index (χ4v) is 8.26. The normalized spacial score (nSPS) is 26.9. The third kappa shape index (κ3) is 7.68. The van der Waals surface area contributed by atoms with Crippen LogP contribution in [0.1, 0.15) is 155 Å². The molecule has 1 nitrogen and oxygen atoms in total. The number of thioether (sulfide) groups is 1. The Hall–Kier alpha value is -0.630. The molecule has 3 rings (SSSR count). The summed E-state index contributed by atoms with van der Waals surface area (Å²) in [7, 11) is 0. The van der Waals surface area contributed by atoms with Crippen molar-refractivity contribution >= 4 is 11.8 Å². The van der Waals surface area contributed by atoms with Crippen LogP contribution in [0.25, 0.3) is 0 Å². The lowest BCUT2D eigenvalue weighted by Gasteiger charge is -2.46. The summed E-state index contributed by atoms with van der Waals surface area (Å²) in [6, 6.07) is 4.81. The highest BCUT2D eigenvalue weighted by atomic mass is 32.2. The Morgan fingerprint density at radius 1 is 0.914 bits per heavy atom. The van der Waals surface area contributed by atoms with E-state index < -0.39 is 0 Å². The fourth-order valence-electron chi connectivity index (χ4n) is 6.96. The van der Waals surface area contributed by atoms with Gasteiger partial charge in [-0.15, -0.1) is 0 Å². The second-order valence-corrected chi connectivity index (χ2v) is 14.4. The molecular formula is C33H56OS. The minimum absolute atomic E-state index is 0.0943. The van der Waals surface area contributed by atoms with Crippen molar-refractivity contribution in [1.82, 2.24) is 0 Å². The molecule has 0 amide bonds. The average Bonchev–Trinajstić information content (AvgIpc) is 2.81. The number of phenols is 1. The molecule has 0 radical (unpaired) electrons. The highest BCUT2D eigenvalue weighted by Gasteiger charge is 2.42. The molecule has 0 spiro atoms. The van der Waals surface area contributed by atoms with E-state index in [1.54, 1.807) is 0 Å². The Morgan fingerprint density at radius 3 is 2.06 bits per heavy atom. The number of unbranched alkanes of at least 4 members (excludes halogenated alkanes) is 1. The zero-order chi connectivity index (χ0) is 25.5. The van der Waals surface area contributed by atoms with Crippen LogP contribution in [0, 0.1) is 11.8 Å². The van der Waals surface area contributed by atoms with Gasteiger partial charge in [0.1, 0.15) is 5.75 Å². The van der Waals surface area contributed by atoms with Crippen molar-refractivity contribution in [2.75, 3.05) is 0 Å². The Morgan fingerprint density at radius 2 is 1.51 bits per heavy atom. The second-order valence-electron chi connectivity index (χ2n) is 13.1. The standard InChI is InChI=1S/C33H56OS/c1-7-10-18-33(22-25(8-2)19-26(9-3)23-33)30-21-28(32(4,5)6)20-27(31(30)34)24-35-29-16-14-12-11-13-15-17-29/h20-21,25-26,29,34H,7-19,22-24H2,1-6H3. The molecule has 200 valence electrons. The number of aromatic hydroxyl groups is 1. The van der Waals surface area contributed by atoms with Crippen LogP contribution in [-0.4, -0.2) is 10.4 Å². The van der Waals surface area contributed by atoms with Crippen LogP contribution in [0.3, 0.4) is 0 Å². The molecular weight excluding hydrogens is 444 g/mol. The average molecular weight is 501 g/mol. The van der Waals surface area contributed by atoms with Gasteiger partial charge in [-0.2, -0.15) is 11.8 Å². The molecule has 0 aromatic heterocycles. The molecule has 1 aromatic rings. The summed E-state index contributed by atoms with van der Waals surface area (Å²) in [4.78, 5) is 0. The number of hydrogen-bond donors (Lipinski definition) is 1. The number of benzene rings is 1. The lowest BCUT2D eigenvalue weighted by atomic mass is 9.59. The molecule has 0 bridgehead atoms. The molecule has 35 heavy (non-hydrogen) atoms. The van der Waals surface area contributed by atoms with Gasteiger partial charge in [0.05, 0.1) is 0 Å². The van der Waals surface area contributed by atoms with E-state index in [2.05, 4.69) is 65.4 Å². The minimum Gasteiger partial charge on any atom is -0.507 e. The predicted molar refractivity (Wildman–Crippen MR) is 157 cm³/mol. The first-order chi connectivity index (χ1) is 16.7. The van der Waals surface area contributed by atoms with Gasteiger partial charge in [-0.3, -0.25) is 0 Å². The largest absolute Gasteiger partial charge is 0.507 e. The van der Waals surface area contributed by atoms with Crippen LogP contribution < -0.4 is 0 Å². The van der Waals surface area contributed by atoms with Crippen molar-refractivity contribution in [3.63, 3.8) is 0 Å². The van der Waals surface area contributed by atoms with Crippen molar-refractivity contribution in [3.05, 3.63) is 28.8 Å². The fraction of sp³-hybridized carbons (Fsp3) is 0.818. The lowest BCUT2D eigenvalue weighted by Crippen LogP contribution is -2.37. The van der Waals surface area contributed by atoms with Gasteiger partial charge >= 0.3 is 0 Å². The maximum absolute atomic E-state index is 11.9. The number of hydrogen-bond acceptors (Lipinski definition) is 2. The first-order valence-corrected chi connectivity index (χ1v) is 16.3. The van der Waals surface area contributed by atoms with E-state index in [0.29, 0.717) is 5.75 Å². The molecule has 2 saturated carbocycles. The molecule has 2 unspecified atom stereocenters.